The number of nitrogens with zero attached hydrogens (tertiary/aromatic N) is 1. The monoisotopic (exact) mass is 334 g/mol. The second-order valence-electron chi connectivity index (χ2n) is 7.42. The molecule has 6 nitrogen and oxygen atoms in total. The lowest BCUT2D eigenvalue weighted by Crippen LogP contribution is -2.49. The topological polar surface area (TPSA) is 75.7 Å². The van der Waals surface area contributed by atoms with Crippen LogP contribution in [-0.4, -0.2) is 41.5 Å². The van der Waals surface area contributed by atoms with Crippen molar-refractivity contribution in [2.24, 2.45) is 11.8 Å². The number of esters is 1. The van der Waals surface area contributed by atoms with Crippen LogP contribution in [0.1, 0.15) is 51.9 Å². The van der Waals surface area contributed by atoms with E-state index < -0.39 is 17.5 Å². The second-order valence-corrected chi connectivity index (χ2v) is 7.42. The van der Waals surface area contributed by atoms with Crippen molar-refractivity contribution in [2.45, 2.75) is 57.4 Å². The molecule has 2 aliphatic carbocycles. The van der Waals surface area contributed by atoms with Gasteiger partial charge in [0.05, 0.1) is 6.61 Å². The fourth-order valence-electron chi connectivity index (χ4n) is 3.81. The Morgan fingerprint density at radius 1 is 1.29 bits per heavy atom. The van der Waals surface area contributed by atoms with Gasteiger partial charge in [-0.15, -0.1) is 0 Å². The number of amides is 3. The third kappa shape index (κ3) is 3.47. The van der Waals surface area contributed by atoms with Gasteiger partial charge in [-0.25, -0.2) is 4.79 Å². The van der Waals surface area contributed by atoms with Gasteiger partial charge in [-0.3, -0.25) is 14.5 Å². The average molecular weight is 334 g/mol. The lowest BCUT2D eigenvalue weighted by atomic mass is 9.77. The van der Waals surface area contributed by atoms with Crippen molar-refractivity contribution in [3.05, 3.63) is 12.2 Å². The molecule has 1 N–H and O–H groups in total. The predicted octanol–water partition coefficient (Wildman–Crippen LogP) is 2.39. The van der Waals surface area contributed by atoms with Crippen molar-refractivity contribution in [3.8, 4) is 0 Å². The average Bonchev–Trinajstić information content (AvgIpc) is 2.81. The summed E-state index contributed by atoms with van der Waals surface area (Å²) in [5, 5.41) is 2.82. The van der Waals surface area contributed by atoms with E-state index in [9.17, 15) is 14.4 Å². The van der Waals surface area contributed by atoms with Crippen molar-refractivity contribution in [1.82, 2.24) is 10.2 Å². The Morgan fingerprint density at radius 3 is 2.71 bits per heavy atom. The number of hydrogen-bond acceptors (Lipinski definition) is 4. The van der Waals surface area contributed by atoms with Crippen molar-refractivity contribution < 1.29 is 19.1 Å². The Kier molecular flexibility index (Phi) is 4.92. The minimum absolute atomic E-state index is 0.267. The number of urea groups is 1. The second kappa shape index (κ2) is 6.95. The Morgan fingerprint density at radius 2 is 2.04 bits per heavy atom. The molecule has 132 valence electrons. The first kappa shape index (κ1) is 17.0. The summed E-state index contributed by atoms with van der Waals surface area (Å²) in [7, 11) is 0. The molecule has 0 aromatic heterocycles. The third-order valence-corrected chi connectivity index (χ3v) is 5.52. The first-order valence-corrected chi connectivity index (χ1v) is 8.95. The molecule has 3 amide bonds. The molecule has 1 heterocycles. The van der Waals surface area contributed by atoms with Crippen molar-refractivity contribution in [2.75, 3.05) is 13.2 Å². The first-order chi connectivity index (χ1) is 11.5. The maximum atomic E-state index is 12.7. The van der Waals surface area contributed by atoms with E-state index in [1.54, 1.807) is 0 Å². The number of ether oxygens (including phenoxy) is 1. The summed E-state index contributed by atoms with van der Waals surface area (Å²) in [6, 6.07) is -0.466. The van der Waals surface area contributed by atoms with Gasteiger partial charge in [0.1, 0.15) is 12.1 Å². The molecule has 24 heavy (non-hydrogen) atoms. The molecule has 0 aromatic rings. The molecule has 1 atom stereocenters. The Labute approximate surface area is 142 Å². The van der Waals surface area contributed by atoms with Crippen LogP contribution in [0.2, 0.25) is 0 Å². The van der Waals surface area contributed by atoms with Crippen LogP contribution < -0.4 is 5.32 Å². The quantitative estimate of drug-likeness (QED) is 0.486. The van der Waals surface area contributed by atoms with Crippen molar-refractivity contribution >= 4 is 17.9 Å². The molecule has 0 unspecified atom stereocenters. The van der Waals surface area contributed by atoms with Crippen LogP contribution in [0.4, 0.5) is 4.79 Å². The number of hydrogen-bond donors (Lipinski definition) is 1. The summed E-state index contributed by atoms with van der Waals surface area (Å²) in [4.78, 5) is 37.9. The van der Waals surface area contributed by atoms with Gasteiger partial charge >= 0.3 is 12.0 Å². The van der Waals surface area contributed by atoms with Gasteiger partial charge in [0.2, 0.25) is 0 Å². The summed E-state index contributed by atoms with van der Waals surface area (Å²) in [6.07, 6.45) is 10.3. The van der Waals surface area contributed by atoms with Crippen molar-refractivity contribution in [3.63, 3.8) is 0 Å². The van der Waals surface area contributed by atoms with E-state index in [2.05, 4.69) is 24.4 Å². The summed E-state index contributed by atoms with van der Waals surface area (Å²) < 4.78 is 5.29. The fourth-order valence-corrected chi connectivity index (χ4v) is 3.81. The van der Waals surface area contributed by atoms with E-state index in [4.69, 9.17) is 4.74 Å². The lowest BCUT2D eigenvalue weighted by molar-refractivity contribution is -0.149. The maximum absolute atomic E-state index is 12.7. The molecule has 0 aromatic carbocycles. The highest BCUT2D eigenvalue weighted by Crippen LogP contribution is 2.36. The number of nitrogens with one attached hydrogen (secondary N) is 1. The molecular formula is C18H26N2O4. The summed E-state index contributed by atoms with van der Waals surface area (Å²) in [6.45, 7) is 2.23. The minimum atomic E-state index is -0.794. The number of carbonyl (C=O) groups is 3. The van der Waals surface area contributed by atoms with Crippen LogP contribution in [0.15, 0.2) is 12.2 Å². The van der Waals surface area contributed by atoms with Gasteiger partial charge in [0, 0.05) is 0 Å². The standard InChI is InChI=1S/C18H26N2O4/c1-13-7-9-18(10-8-13)16(22)20(17(23)19-18)11-15(21)24-12-14-5-3-2-4-6-14/h2-3,13-14H,4-12H2,1H3,(H,19,23)/t13?,14-,18?/m0/s1. The zero-order chi connectivity index (χ0) is 17.2. The van der Waals surface area contributed by atoms with E-state index in [1.807, 2.05) is 0 Å². The van der Waals surface area contributed by atoms with E-state index in [0.29, 0.717) is 31.3 Å². The number of rotatable bonds is 4. The zero-order valence-electron chi connectivity index (χ0n) is 14.3. The minimum Gasteiger partial charge on any atom is -0.464 e. The predicted molar refractivity (Wildman–Crippen MR) is 88.0 cm³/mol. The van der Waals surface area contributed by atoms with Gasteiger partial charge < -0.3 is 10.1 Å². The summed E-state index contributed by atoms with van der Waals surface area (Å²) in [5.41, 5.74) is -0.794. The molecule has 1 spiro atoms. The SMILES string of the molecule is CC1CCC2(CC1)NC(=O)N(CC(=O)OC[C@H]1CC=CCC1)C2=O. The van der Waals surface area contributed by atoms with Crippen LogP contribution in [0, 0.1) is 11.8 Å². The van der Waals surface area contributed by atoms with Gasteiger partial charge in [-0.2, -0.15) is 0 Å². The highest BCUT2D eigenvalue weighted by molar-refractivity contribution is 6.08. The number of allylic oxidation sites excluding steroid dienone is 2. The van der Waals surface area contributed by atoms with Gasteiger partial charge in [-0.05, 0) is 56.8 Å². The van der Waals surface area contributed by atoms with Crippen LogP contribution in [0.5, 0.6) is 0 Å². The van der Waals surface area contributed by atoms with Crippen molar-refractivity contribution in [1.29, 1.82) is 0 Å². The number of imide groups is 1. The van der Waals surface area contributed by atoms with Gasteiger partial charge in [0.25, 0.3) is 5.91 Å². The number of carbonyl (C=O) groups excluding carboxylic acids is 3. The molecule has 6 heteroatoms. The molecule has 1 aliphatic heterocycles. The lowest BCUT2D eigenvalue weighted by Gasteiger charge is -2.33. The molecule has 3 aliphatic rings. The fraction of sp³-hybridized carbons (Fsp3) is 0.722. The molecular weight excluding hydrogens is 308 g/mol. The van der Waals surface area contributed by atoms with E-state index in [1.165, 1.54) is 0 Å². The summed E-state index contributed by atoms with van der Waals surface area (Å²) >= 11 is 0. The first-order valence-electron chi connectivity index (χ1n) is 8.95. The zero-order valence-corrected chi connectivity index (χ0v) is 14.3. The molecule has 3 rings (SSSR count). The smallest absolute Gasteiger partial charge is 0.326 e. The molecule has 1 saturated carbocycles. The highest BCUT2D eigenvalue weighted by Gasteiger charge is 2.52. The van der Waals surface area contributed by atoms with Crippen LogP contribution in [-0.2, 0) is 14.3 Å². The maximum Gasteiger partial charge on any atom is 0.326 e. The Hall–Kier alpha value is -1.85. The summed E-state index contributed by atoms with van der Waals surface area (Å²) in [5.74, 6) is 0.142. The van der Waals surface area contributed by atoms with Crippen LogP contribution >= 0.6 is 0 Å². The largest absolute Gasteiger partial charge is 0.464 e. The third-order valence-electron chi connectivity index (χ3n) is 5.52. The van der Waals surface area contributed by atoms with E-state index in [-0.39, 0.29) is 12.5 Å². The normalized spacial score (nSPS) is 33.0. The molecule has 0 bridgehead atoms. The van der Waals surface area contributed by atoms with Crippen LogP contribution in [0.3, 0.4) is 0 Å². The van der Waals surface area contributed by atoms with Gasteiger partial charge in [0.15, 0.2) is 0 Å². The Balaban J connectivity index is 1.52. The Bertz CT molecular complexity index is 549. The molecule has 1 saturated heterocycles. The van der Waals surface area contributed by atoms with Crippen LogP contribution in [0.25, 0.3) is 0 Å². The van der Waals surface area contributed by atoms with E-state index in [0.717, 1.165) is 37.0 Å². The van der Waals surface area contributed by atoms with E-state index >= 15 is 0 Å². The molecule has 2 fully saturated rings. The molecule has 0 radical (unpaired) electrons. The highest BCUT2D eigenvalue weighted by atomic mass is 16.5. The van der Waals surface area contributed by atoms with Gasteiger partial charge in [-0.1, -0.05) is 19.1 Å².